The predicted octanol–water partition coefficient (Wildman–Crippen LogP) is 2.31. The van der Waals surface area contributed by atoms with Crippen LogP contribution in [0.25, 0.3) is 0 Å². The van der Waals surface area contributed by atoms with E-state index in [0.29, 0.717) is 24.4 Å². The fourth-order valence-electron chi connectivity index (χ4n) is 3.17. The number of aryl methyl sites for hydroxylation is 1. The molecule has 5 heteroatoms. The molecule has 5 nitrogen and oxygen atoms in total. The third kappa shape index (κ3) is 6.16. The minimum Gasteiger partial charge on any atom is -0.355 e. The molecule has 2 rings (SSSR count). The van der Waals surface area contributed by atoms with Crippen LogP contribution in [0.2, 0.25) is 0 Å². The zero-order chi connectivity index (χ0) is 18.2. The highest BCUT2D eigenvalue weighted by Crippen LogP contribution is 2.12. The monoisotopic (exact) mass is 345 g/mol. The van der Waals surface area contributed by atoms with Crippen molar-refractivity contribution in [1.82, 2.24) is 15.1 Å². The predicted molar refractivity (Wildman–Crippen MR) is 101 cm³/mol. The van der Waals surface area contributed by atoms with E-state index in [4.69, 9.17) is 0 Å². The minimum atomic E-state index is -0.00371. The minimum absolute atomic E-state index is 0.00371. The first-order valence-corrected chi connectivity index (χ1v) is 9.28. The van der Waals surface area contributed by atoms with Gasteiger partial charge < -0.3 is 10.2 Å². The Morgan fingerprint density at radius 1 is 1.12 bits per heavy atom. The van der Waals surface area contributed by atoms with Gasteiger partial charge in [0.05, 0.1) is 0 Å². The number of hydrogen-bond acceptors (Lipinski definition) is 3. The number of nitrogens with one attached hydrogen (secondary N) is 1. The lowest BCUT2D eigenvalue weighted by molar-refractivity contribution is -0.121. The number of piperidine rings is 1. The molecule has 0 spiro atoms. The highest BCUT2D eigenvalue weighted by molar-refractivity contribution is 5.93. The molecule has 0 radical (unpaired) electrons. The van der Waals surface area contributed by atoms with Crippen LogP contribution in [0.5, 0.6) is 0 Å². The second-order valence-corrected chi connectivity index (χ2v) is 7.15. The van der Waals surface area contributed by atoms with Crippen molar-refractivity contribution < 1.29 is 9.59 Å². The van der Waals surface area contributed by atoms with Crippen molar-refractivity contribution in [2.75, 3.05) is 33.7 Å². The molecule has 0 aliphatic carbocycles. The third-order valence-corrected chi connectivity index (χ3v) is 4.86. The molecule has 1 aliphatic heterocycles. The van der Waals surface area contributed by atoms with E-state index in [9.17, 15) is 9.59 Å². The number of rotatable bonds is 7. The van der Waals surface area contributed by atoms with Crippen LogP contribution in [-0.4, -0.2) is 61.4 Å². The molecule has 1 N–H and O–H groups in total. The van der Waals surface area contributed by atoms with Crippen LogP contribution < -0.4 is 5.32 Å². The highest BCUT2D eigenvalue weighted by atomic mass is 16.2. The number of amides is 2. The summed E-state index contributed by atoms with van der Waals surface area (Å²) < 4.78 is 0. The quantitative estimate of drug-likeness (QED) is 0.825. The molecule has 1 atom stereocenters. The molecule has 0 aromatic heterocycles. The van der Waals surface area contributed by atoms with Gasteiger partial charge in [-0.1, -0.05) is 18.6 Å². The Bertz CT molecular complexity index is 563. The molecule has 1 aromatic rings. The molecule has 0 saturated carbocycles. The van der Waals surface area contributed by atoms with Gasteiger partial charge in [-0.15, -0.1) is 0 Å². The van der Waals surface area contributed by atoms with E-state index in [2.05, 4.69) is 17.1 Å². The maximum Gasteiger partial charge on any atom is 0.253 e. The zero-order valence-corrected chi connectivity index (χ0v) is 15.8. The first-order chi connectivity index (χ1) is 12.0. The summed E-state index contributed by atoms with van der Waals surface area (Å²) in [6, 6.07) is 7.92. The number of benzene rings is 1. The molecular weight excluding hydrogens is 314 g/mol. The molecule has 2 amide bonds. The van der Waals surface area contributed by atoms with E-state index < -0.39 is 0 Å². The van der Waals surface area contributed by atoms with Gasteiger partial charge in [-0.05, 0) is 57.0 Å². The molecule has 1 aliphatic rings. The standard InChI is InChI=1S/C20H31N3O2/c1-16(23-13-5-4-6-14-23)15-21-19(24)12-9-17-7-10-18(11-8-17)20(25)22(2)3/h7-8,10-11,16H,4-6,9,12-15H2,1-3H3,(H,21,24). The van der Waals surface area contributed by atoms with Crippen LogP contribution in [0.1, 0.15) is 48.5 Å². The number of nitrogens with zero attached hydrogens (tertiary/aromatic N) is 2. The van der Waals surface area contributed by atoms with Crippen molar-refractivity contribution in [3.63, 3.8) is 0 Å². The average molecular weight is 345 g/mol. The Hall–Kier alpha value is -1.88. The van der Waals surface area contributed by atoms with Crippen molar-refractivity contribution in [3.05, 3.63) is 35.4 Å². The van der Waals surface area contributed by atoms with Crippen molar-refractivity contribution in [2.45, 2.75) is 45.1 Å². The topological polar surface area (TPSA) is 52.7 Å². The van der Waals surface area contributed by atoms with Gasteiger partial charge in [0.25, 0.3) is 5.91 Å². The fourth-order valence-corrected chi connectivity index (χ4v) is 3.17. The summed E-state index contributed by atoms with van der Waals surface area (Å²) in [5, 5.41) is 3.05. The van der Waals surface area contributed by atoms with Crippen molar-refractivity contribution in [2.24, 2.45) is 0 Å². The van der Waals surface area contributed by atoms with Crippen LogP contribution in [0, 0.1) is 0 Å². The lowest BCUT2D eigenvalue weighted by atomic mass is 10.1. The van der Waals surface area contributed by atoms with E-state index in [1.807, 2.05) is 24.3 Å². The summed E-state index contributed by atoms with van der Waals surface area (Å²) in [4.78, 5) is 28.0. The van der Waals surface area contributed by atoms with Crippen LogP contribution in [-0.2, 0) is 11.2 Å². The van der Waals surface area contributed by atoms with E-state index >= 15 is 0 Å². The van der Waals surface area contributed by atoms with Crippen molar-refractivity contribution in [3.8, 4) is 0 Å². The fraction of sp³-hybridized carbons (Fsp3) is 0.600. The Morgan fingerprint density at radius 3 is 2.36 bits per heavy atom. The Labute approximate surface area is 151 Å². The van der Waals surface area contributed by atoms with Gasteiger partial charge in [0.2, 0.25) is 5.91 Å². The van der Waals surface area contributed by atoms with E-state index in [0.717, 1.165) is 25.2 Å². The van der Waals surface area contributed by atoms with Crippen LogP contribution >= 0.6 is 0 Å². The number of hydrogen-bond donors (Lipinski definition) is 1. The van der Waals surface area contributed by atoms with Crippen LogP contribution in [0.4, 0.5) is 0 Å². The second kappa shape index (κ2) is 9.56. The smallest absolute Gasteiger partial charge is 0.253 e. The number of carbonyl (C=O) groups is 2. The molecule has 1 fully saturated rings. The summed E-state index contributed by atoms with van der Waals surface area (Å²) >= 11 is 0. The molecule has 138 valence electrons. The maximum atomic E-state index is 12.1. The van der Waals surface area contributed by atoms with E-state index in [1.54, 1.807) is 19.0 Å². The molecule has 25 heavy (non-hydrogen) atoms. The first kappa shape index (κ1) is 19.4. The summed E-state index contributed by atoms with van der Waals surface area (Å²) in [7, 11) is 3.48. The summed E-state index contributed by atoms with van der Waals surface area (Å²) in [6.07, 6.45) is 5.04. The zero-order valence-electron chi connectivity index (χ0n) is 15.8. The lowest BCUT2D eigenvalue weighted by Crippen LogP contribution is -2.44. The van der Waals surface area contributed by atoms with E-state index in [1.165, 1.54) is 19.3 Å². The van der Waals surface area contributed by atoms with Gasteiger partial charge in [-0.25, -0.2) is 0 Å². The lowest BCUT2D eigenvalue weighted by Gasteiger charge is -2.32. The highest BCUT2D eigenvalue weighted by Gasteiger charge is 2.17. The van der Waals surface area contributed by atoms with Gasteiger partial charge in [0.15, 0.2) is 0 Å². The average Bonchev–Trinajstić information content (AvgIpc) is 2.64. The Balaban J connectivity index is 1.71. The number of carbonyl (C=O) groups excluding carboxylic acids is 2. The first-order valence-electron chi connectivity index (χ1n) is 9.28. The number of likely N-dealkylation sites (tertiary alicyclic amines) is 1. The van der Waals surface area contributed by atoms with Gasteiger partial charge in [0, 0.05) is 38.7 Å². The van der Waals surface area contributed by atoms with Gasteiger partial charge in [-0.2, -0.15) is 0 Å². The normalized spacial score (nSPS) is 16.3. The Kier molecular flexibility index (Phi) is 7.44. The maximum absolute atomic E-state index is 12.1. The van der Waals surface area contributed by atoms with Crippen LogP contribution in [0.15, 0.2) is 24.3 Å². The van der Waals surface area contributed by atoms with Gasteiger partial charge >= 0.3 is 0 Å². The van der Waals surface area contributed by atoms with Crippen LogP contribution in [0.3, 0.4) is 0 Å². The summed E-state index contributed by atoms with van der Waals surface area (Å²) in [5.41, 5.74) is 1.75. The molecule has 1 heterocycles. The molecule has 1 unspecified atom stereocenters. The van der Waals surface area contributed by atoms with Crippen molar-refractivity contribution in [1.29, 1.82) is 0 Å². The summed E-state index contributed by atoms with van der Waals surface area (Å²) in [5.74, 6) is 0.0910. The SMILES string of the molecule is CC(CNC(=O)CCc1ccc(C(=O)N(C)C)cc1)N1CCCCC1. The largest absolute Gasteiger partial charge is 0.355 e. The second-order valence-electron chi connectivity index (χ2n) is 7.15. The molecule has 1 aromatic carbocycles. The van der Waals surface area contributed by atoms with Gasteiger partial charge in [-0.3, -0.25) is 14.5 Å². The summed E-state index contributed by atoms with van der Waals surface area (Å²) in [6.45, 7) is 5.20. The van der Waals surface area contributed by atoms with Crippen molar-refractivity contribution >= 4 is 11.8 Å². The molecular formula is C20H31N3O2. The molecule has 0 bridgehead atoms. The van der Waals surface area contributed by atoms with E-state index in [-0.39, 0.29) is 11.8 Å². The molecule has 1 saturated heterocycles. The van der Waals surface area contributed by atoms with Gasteiger partial charge in [0.1, 0.15) is 0 Å². The third-order valence-electron chi connectivity index (χ3n) is 4.86. The Morgan fingerprint density at radius 2 is 1.76 bits per heavy atom.